The molecule has 2 N–H and O–H groups in total. The van der Waals surface area contributed by atoms with Crippen molar-refractivity contribution >= 4 is 0 Å². The highest BCUT2D eigenvalue weighted by molar-refractivity contribution is 5.04. The van der Waals surface area contributed by atoms with E-state index in [4.69, 9.17) is 5.84 Å². The van der Waals surface area contributed by atoms with Crippen molar-refractivity contribution in [1.82, 2.24) is 5.01 Å². The normalized spacial score (nSPS) is 38.4. The molecule has 58 valence electrons. The van der Waals surface area contributed by atoms with E-state index in [0.717, 1.165) is 12.5 Å². The van der Waals surface area contributed by atoms with Crippen molar-refractivity contribution in [2.45, 2.75) is 38.1 Å². The van der Waals surface area contributed by atoms with Crippen LogP contribution in [0.2, 0.25) is 0 Å². The van der Waals surface area contributed by atoms with Gasteiger partial charge in [-0.2, -0.15) is 0 Å². The molecule has 1 aliphatic carbocycles. The predicted molar refractivity (Wildman–Crippen MR) is 41.3 cm³/mol. The summed E-state index contributed by atoms with van der Waals surface area (Å²) in [6.45, 7) is 3.45. The van der Waals surface area contributed by atoms with Crippen LogP contribution in [0.1, 0.15) is 32.6 Å². The summed E-state index contributed by atoms with van der Waals surface area (Å²) in [7, 11) is 0. The van der Waals surface area contributed by atoms with Crippen molar-refractivity contribution < 1.29 is 0 Å². The Kier molecular flexibility index (Phi) is 1.29. The number of nitrogens with two attached hydrogens (primary N) is 1. The Hall–Kier alpha value is -0.0800. The summed E-state index contributed by atoms with van der Waals surface area (Å²) < 4.78 is 0. The van der Waals surface area contributed by atoms with Crippen LogP contribution in [0.15, 0.2) is 0 Å². The van der Waals surface area contributed by atoms with Gasteiger partial charge in [0.25, 0.3) is 0 Å². The number of rotatable bonds is 0. The minimum absolute atomic E-state index is 0.470. The van der Waals surface area contributed by atoms with E-state index < -0.39 is 0 Å². The third-order valence-corrected chi connectivity index (χ3v) is 3.03. The van der Waals surface area contributed by atoms with Crippen LogP contribution >= 0.6 is 0 Å². The average Bonchev–Trinajstić information content (AvgIpc) is 2.62. The van der Waals surface area contributed by atoms with Crippen molar-refractivity contribution in [3.8, 4) is 0 Å². The lowest BCUT2D eigenvalue weighted by Crippen LogP contribution is -2.48. The van der Waals surface area contributed by atoms with Gasteiger partial charge in [-0.3, -0.25) is 5.84 Å². The minimum Gasteiger partial charge on any atom is -0.268 e. The van der Waals surface area contributed by atoms with Crippen LogP contribution < -0.4 is 5.84 Å². The molecule has 10 heavy (non-hydrogen) atoms. The van der Waals surface area contributed by atoms with Crippen LogP contribution in [0.5, 0.6) is 0 Å². The Morgan fingerprint density at radius 1 is 1.50 bits per heavy atom. The molecule has 2 rings (SSSR count). The van der Waals surface area contributed by atoms with Gasteiger partial charge in [0.15, 0.2) is 0 Å². The second-order valence-corrected chi connectivity index (χ2v) is 4.02. The molecule has 2 nitrogen and oxygen atoms in total. The van der Waals surface area contributed by atoms with Crippen molar-refractivity contribution in [2.75, 3.05) is 6.54 Å². The van der Waals surface area contributed by atoms with Crippen molar-refractivity contribution in [3.05, 3.63) is 0 Å². The molecule has 2 fully saturated rings. The predicted octanol–water partition coefficient (Wildman–Crippen LogP) is 1.12. The van der Waals surface area contributed by atoms with Gasteiger partial charge >= 0.3 is 0 Å². The highest BCUT2D eigenvalue weighted by Gasteiger charge is 2.49. The number of hydrogen-bond donors (Lipinski definition) is 1. The Labute approximate surface area is 62.4 Å². The third kappa shape index (κ3) is 0.867. The van der Waals surface area contributed by atoms with E-state index in [1.54, 1.807) is 0 Å². The summed E-state index contributed by atoms with van der Waals surface area (Å²) in [6.07, 6.45) is 5.31. The van der Waals surface area contributed by atoms with E-state index in [1.165, 1.54) is 25.7 Å². The zero-order valence-corrected chi connectivity index (χ0v) is 6.64. The van der Waals surface area contributed by atoms with E-state index in [-0.39, 0.29) is 0 Å². The standard InChI is InChI=1S/C8H16N2/c1-7-2-5-10(9)8(6-7)3-4-8/h7H,2-6,9H2,1H3/t7-/m1/s1. The molecular formula is C8H16N2. The molecule has 0 amide bonds. The summed E-state index contributed by atoms with van der Waals surface area (Å²) >= 11 is 0. The molecule has 0 aromatic heterocycles. The Bertz CT molecular complexity index is 140. The summed E-state index contributed by atoms with van der Waals surface area (Å²) in [5, 5.41) is 2.08. The van der Waals surface area contributed by atoms with Crippen LogP contribution in [0.25, 0.3) is 0 Å². The molecule has 0 radical (unpaired) electrons. The Morgan fingerprint density at radius 2 is 2.20 bits per heavy atom. The molecule has 1 atom stereocenters. The van der Waals surface area contributed by atoms with E-state index in [1.807, 2.05) is 0 Å². The van der Waals surface area contributed by atoms with Gasteiger partial charge in [-0.05, 0) is 31.6 Å². The number of hydrazine groups is 1. The number of piperidine rings is 1. The Morgan fingerprint density at radius 3 is 2.70 bits per heavy atom. The first kappa shape index (κ1) is 6.62. The van der Waals surface area contributed by atoms with Crippen LogP contribution in [0.3, 0.4) is 0 Å². The fourth-order valence-electron chi connectivity index (χ4n) is 2.10. The Balaban J connectivity index is 2.03. The van der Waals surface area contributed by atoms with E-state index in [2.05, 4.69) is 11.9 Å². The lowest BCUT2D eigenvalue weighted by molar-refractivity contribution is 0.101. The topological polar surface area (TPSA) is 29.3 Å². The summed E-state index contributed by atoms with van der Waals surface area (Å²) in [5.41, 5.74) is 0.470. The first-order valence-corrected chi connectivity index (χ1v) is 4.25. The van der Waals surface area contributed by atoms with E-state index in [0.29, 0.717) is 5.54 Å². The molecule has 0 bridgehead atoms. The first-order valence-electron chi connectivity index (χ1n) is 4.25. The molecule has 1 saturated heterocycles. The molecule has 0 unspecified atom stereocenters. The molecule has 0 aromatic rings. The summed E-state index contributed by atoms with van der Waals surface area (Å²) in [5.74, 6) is 6.78. The van der Waals surface area contributed by atoms with Crippen LogP contribution in [-0.4, -0.2) is 17.1 Å². The zero-order valence-electron chi connectivity index (χ0n) is 6.64. The smallest absolute Gasteiger partial charge is 0.0355 e. The quantitative estimate of drug-likeness (QED) is 0.511. The third-order valence-electron chi connectivity index (χ3n) is 3.03. The molecule has 1 spiro atoms. The fraction of sp³-hybridized carbons (Fsp3) is 1.00. The maximum atomic E-state index is 5.87. The molecule has 1 heterocycles. The van der Waals surface area contributed by atoms with Crippen LogP contribution in [0, 0.1) is 5.92 Å². The van der Waals surface area contributed by atoms with Crippen molar-refractivity contribution in [3.63, 3.8) is 0 Å². The molecule has 0 aromatic carbocycles. The number of nitrogens with zero attached hydrogens (tertiary/aromatic N) is 1. The molecular weight excluding hydrogens is 124 g/mol. The fourth-order valence-corrected chi connectivity index (χ4v) is 2.10. The molecule has 2 heteroatoms. The monoisotopic (exact) mass is 140 g/mol. The highest BCUT2D eigenvalue weighted by atomic mass is 15.5. The second kappa shape index (κ2) is 1.95. The SMILES string of the molecule is C[C@@H]1CCN(N)C2(CC2)C1. The van der Waals surface area contributed by atoms with Gasteiger partial charge in [-0.15, -0.1) is 0 Å². The lowest BCUT2D eigenvalue weighted by atomic mass is 9.92. The van der Waals surface area contributed by atoms with Gasteiger partial charge < -0.3 is 0 Å². The van der Waals surface area contributed by atoms with E-state index in [9.17, 15) is 0 Å². The maximum Gasteiger partial charge on any atom is 0.0355 e. The average molecular weight is 140 g/mol. The summed E-state index contributed by atoms with van der Waals surface area (Å²) in [6, 6.07) is 0. The lowest BCUT2D eigenvalue weighted by Gasteiger charge is -2.35. The molecule has 1 aliphatic heterocycles. The zero-order chi connectivity index (χ0) is 7.19. The van der Waals surface area contributed by atoms with Gasteiger partial charge in [-0.25, -0.2) is 5.01 Å². The first-order chi connectivity index (χ1) is 4.73. The highest BCUT2D eigenvalue weighted by Crippen LogP contribution is 2.48. The van der Waals surface area contributed by atoms with Gasteiger partial charge in [0, 0.05) is 12.1 Å². The van der Waals surface area contributed by atoms with Crippen LogP contribution in [-0.2, 0) is 0 Å². The number of hydrogen-bond acceptors (Lipinski definition) is 2. The van der Waals surface area contributed by atoms with Gasteiger partial charge in [0.1, 0.15) is 0 Å². The van der Waals surface area contributed by atoms with Crippen molar-refractivity contribution in [2.24, 2.45) is 11.8 Å². The van der Waals surface area contributed by atoms with Gasteiger partial charge in [-0.1, -0.05) is 6.92 Å². The van der Waals surface area contributed by atoms with Crippen LogP contribution in [0.4, 0.5) is 0 Å². The maximum absolute atomic E-state index is 5.87. The molecule has 2 aliphatic rings. The minimum atomic E-state index is 0.470. The molecule has 1 saturated carbocycles. The summed E-state index contributed by atoms with van der Waals surface area (Å²) in [4.78, 5) is 0. The largest absolute Gasteiger partial charge is 0.268 e. The van der Waals surface area contributed by atoms with E-state index >= 15 is 0 Å². The van der Waals surface area contributed by atoms with Gasteiger partial charge in [0.05, 0.1) is 0 Å². The van der Waals surface area contributed by atoms with Gasteiger partial charge in [0.2, 0.25) is 0 Å². The second-order valence-electron chi connectivity index (χ2n) is 4.02. The van der Waals surface area contributed by atoms with Crippen molar-refractivity contribution in [1.29, 1.82) is 0 Å².